The number of methoxy groups -OCH3 is 2. The second-order valence-corrected chi connectivity index (χ2v) is 5.66. The van der Waals surface area contributed by atoms with Crippen molar-refractivity contribution in [3.8, 4) is 17.2 Å². The van der Waals surface area contributed by atoms with Crippen LogP contribution in [0.1, 0.15) is 0 Å². The number of hydrogen-bond acceptors (Lipinski definition) is 4. The number of hydrogen-bond donors (Lipinski definition) is 1. The predicted molar refractivity (Wildman–Crippen MR) is 87.1 cm³/mol. The Balaban J connectivity index is 2.29. The molecule has 1 N–H and O–H groups in total. The summed E-state index contributed by atoms with van der Waals surface area (Å²) in [7, 11) is 3.23. The van der Waals surface area contributed by atoms with E-state index < -0.39 is 0 Å². The Morgan fingerprint density at radius 3 is 2.43 bits per heavy atom. The number of aromatic amines is 1. The third-order valence-corrected chi connectivity index (χ3v) is 3.80. The van der Waals surface area contributed by atoms with E-state index in [4.69, 9.17) is 21.7 Å². The fraction of sp³-hybridized carbons (Fsp3) is 0.143. The van der Waals surface area contributed by atoms with Crippen LogP contribution in [0.15, 0.2) is 34.9 Å². The van der Waals surface area contributed by atoms with Crippen molar-refractivity contribution in [2.24, 2.45) is 0 Å². The van der Waals surface area contributed by atoms with Gasteiger partial charge in [-0.1, -0.05) is 0 Å². The van der Waals surface area contributed by atoms with Gasteiger partial charge < -0.3 is 14.5 Å². The van der Waals surface area contributed by atoms with Crippen LogP contribution in [0.5, 0.6) is 11.5 Å². The standard InChI is InChI=1S/C14H12BrN3O2S/c1-19-10-4-9(5-11(6-10)20-2)18-13-12(17-14(18)21)3-8(15)7-16-13/h3-7H,1-2H3,(H,17,21). The molecule has 0 fully saturated rings. The molecule has 1 aromatic carbocycles. The zero-order valence-corrected chi connectivity index (χ0v) is 13.8. The van der Waals surface area contributed by atoms with Gasteiger partial charge in [0, 0.05) is 28.9 Å². The molecule has 0 saturated heterocycles. The Morgan fingerprint density at radius 1 is 1.14 bits per heavy atom. The normalized spacial score (nSPS) is 10.8. The van der Waals surface area contributed by atoms with Crippen molar-refractivity contribution in [1.82, 2.24) is 14.5 Å². The Morgan fingerprint density at radius 2 is 1.81 bits per heavy atom. The maximum Gasteiger partial charge on any atom is 0.184 e. The summed E-state index contributed by atoms with van der Waals surface area (Å²) in [6.45, 7) is 0. The molecule has 0 amide bonds. The van der Waals surface area contributed by atoms with E-state index in [9.17, 15) is 0 Å². The van der Waals surface area contributed by atoms with Crippen LogP contribution in [0.4, 0.5) is 0 Å². The smallest absolute Gasteiger partial charge is 0.184 e. The Bertz CT molecular complexity index is 850. The van der Waals surface area contributed by atoms with Crippen LogP contribution in [0, 0.1) is 4.77 Å². The van der Waals surface area contributed by atoms with Crippen LogP contribution < -0.4 is 9.47 Å². The lowest BCUT2D eigenvalue weighted by Gasteiger charge is -2.09. The lowest BCUT2D eigenvalue weighted by molar-refractivity contribution is 0.394. The number of benzene rings is 1. The van der Waals surface area contributed by atoms with E-state index in [2.05, 4.69) is 25.9 Å². The quantitative estimate of drug-likeness (QED) is 0.716. The first kappa shape index (κ1) is 14.1. The summed E-state index contributed by atoms with van der Waals surface area (Å²) in [6.07, 6.45) is 1.73. The molecular formula is C14H12BrN3O2S. The summed E-state index contributed by atoms with van der Waals surface area (Å²) in [4.78, 5) is 7.57. The molecular weight excluding hydrogens is 354 g/mol. The number of fused-ring (bicyclic) bond motifs is 1. The predicted octanol–water partition coefficient (Wildman–Crippen LogP) is 3.86. The molecule has 0 radical (unpaired) electrons. The molecule has 0 aliphatic rings. The lowest BCUT2D eigenvalue weighted by atomic mass is 10.2. The minimum Gasteiger partial charge on any atom is -0.497 e. The highest BCUT2D eigenvalue weighted by atomic mass is 79.9. The van der Waals surface area contributed by atoms with Gasteiger partial charge in [0.25, 0.3) is 0 Å². The molecule has 108 valence electrons. The van der Waals surface area contributed by atoms with Gasteiger partial charge in [0.15, 0.2) is 10.4 Å². The van der Waals surface area contributed by atoms with Crippen LogP contribution in [0.2, 0.25) is 0 Å². The second kappa shape index (κ2) is 5.50. The van der Waals surface area contributed by atoms with Crippen LogP contribution in [0.3, 0.4) is 0 Å². The van der Waals surface area contributed by atoms with Gasteiger partial charge >= 0.3 is 0 Å². The largest absolute Gasteiger partial charge is 0.497 e. The van der Waals surface area contributed by atoms with E-state index in [0.717, 1.165) is 21.3 Å². The Labute approximate surface area is 134 Å². The molecule has 0 aliphatic carbocycles. The third kappa shape index (κ3) is 2.54. The van der Waals surface area contributed by atoms with Crippen molar-refractivity contribution in [3.05, 3.63) is 39.7 Å². The van der Waals surface area contributed by atoms with Gasteiger partial charge in [0.05, 0.1) is 25.4 Å². The molecule has 0 aliphatic heterocycles. The van der Waals surface area contributed by atoms with Gasteiger partial charge in [-0.05, 0) is 34.2 Å². The number of ether oxygens (including phenoxy) is 2. The average molecular weight is 366 g/mol. The summed E-state index contributed by atoms with van der Waals surface area (Å²) in [5, 5.41) is 0. The van der Waals surface area contributed by atoms with Gasteiger partial charge in [0.1, 0.15) is 11.5 Å². The number of rotatable bonds is 3. The lowest BCUT2D eigenvalue weighted by Crippen LogP contribution is -1.98. The molecule has 0 bridgehead atoms. The first-order valence-electron chi connectivity index (χ1n) is 6.12. The van der Waals surface area contributed by atoms with Crippen molar-refractivity contribution in [2.75, 3.05) is 14.2 Å². The average Bonchev–Trinajstić information content (AvgIpc) is 2.81. The van der Waals surface area contributed by atoms with E-state index in [1.807, 2.05) is 28.8 Å². The van der Waals surface area contributed by atoms with E-state index in [-0.39, 0.29) is 0 Å². The minimum absolute atomic E-state index is 0.561. The highest BCUT2D eigenvalue weighted by molar-refractivity contribution is 9.10. The van der Waals surface area contributed by atoms with Crippen molar-refractivity contribution >= 4 is 39.3 Å². The molecule has 2 heterocycles. The van der Waals surface area contributed by atoms with E-state index in [1.165, 1.54) is 0 Å². The van der Waals surface area contributed by atoms with Gasteiger partial charge in [-0.25, -0.2) is 4.98 Å². The number of pyridine rings is 1. The molecule has 0 atom stereocenters. The molecule has 3 aromatic rings. The van der Waals surface area contributed by atoms with Crippen LogP contribution in [0.25, 0.3) is 16.9 Å². The van der Waals surface area contributed by atoms with E-state index in [1.54, 1.807) is 20.4 Å². The summed E-state index contributed by atoms with van der Waals surface area (Å²) in [5.74, 6) is 1.38. The van der Waals surface area contributed by atoms with Gasteiger partial charge in [-0.3, -0.25) is 4.57 Å². The van der Waals surface area contributed by atoms with Gasteiger partial charge in [0.2, 0.25) is 0 Å². The Hall–Kier alpha value is -1.86. The fourth-order valence-electron chi connectivity index (χ4n) is 2.13. The molecule has 0 saturated carbocycles. The molecule has 0 spiro atoms. The second-order valence-electron chi connectivity index (χ2n) is 4.36. The van der Waals surface area contributed by atoms with Gasteiger partial charge in [-0.2, -0.15) is 0 Å². The highest BCUT2D eigenvalue weighted by Gasteiger charge is 2.11. The number of aromatic nitrogens is 3. The maximum atomic E-state index is 5.41. The summed E-state index contributed by atoms with van der Waals surface area (Å²) >= 11 is 8.81. The van der Waals surface area contributed by atoms with E-state index >= 15 is 0 Å². The van der Waals surface area contributed by atoms with Crippen molar-refractivity contribution in [2.45, 2.75) is 0 Å². The first-order valence-corrected chi connectivity index (χ1v) is 7.32. The van der Waals surface area contributed by atoms with Gasteiger partial charge in [-0.15, -0.1) is 0 Å². The minimum atomic E-state index is 0.561. The summed E-state index contributed by atoms with van der Waals surface area (Å²) in [6, 6.07) is 7.52. The number of imidazole rings is 1. The first-order chi connectivity index (χ1) is 10.1. The van der Waals surface area contributed by atoms with Crippen LogP contribution in [-0.2, 0) is 0 Å². The molecule has 21 heavy (non-hydrogen) atoms. The molecule has 2 aromatic heterocycles. The molecule has 3 rings (SSSR count). The van der Waals surface area contributed by atoms with Crippen molar-refractivity contribution in [3.63, 3.8) is 0 Å². The maximum absolute atomic E-state index is 5.41. The summed E-state index contributed by atoms with van der Waals surface area (Å²) in [5.41, 5.74) is 2.44. The highest BCUT2D eigenvalue weighted by Crippen LogP contribution is 2.27. The molecule has 7 heteroatoms. The summed E-state index contributed by atoms with van der Waals surface area (Å²) < 4.78 is 13.9. The topological polar surface area (TPSA) is 52.1 Å². The fourth-order valence-corrected chi connectivity index (χ4v) is 2.76. The molecule has 0 unspecified atom stereocenters. The number of nitrogens with one attached hydrogen (secondary N) is 1. The SMILES string of the molecule is COc1cc(OC)cc(-n2c(=S)[nH]c3cc(Br)cnc32)c1. The van der Waals surface area contributed by atoms with E-state index in [0.29, 0.717) is 16.3 Å². The number of nitrogens with zero attached hydrogens (tertiary/aromatic N) is 2. The zero-order valence-electron chi connectivity index (χ0n) is 11.4. The third-order valence-electron chi connectivity index (χ3n) is 3.08. The van der Waals surface area contributed by atoms with Crippen molar-refractivity contribution < 1.29 is 9.47 Å². The van der Waals surface area contributed by atoms with Crippen molar-refractivity contribution in [1.29, 1.82) is 0 Å². The number of H-pyrrole nitrogens is 1. The van der Waals surface area contributed by atoms with Crippen LogP contribution in [-0.4, -0.2) is 28.8 Å². The molecule has 5 nitrogen and oxygen atoms in total. The Kier molecular flexibility index (Phi) is 3.69. The monoisotopic (exact) mass is 365 g/mol. The van der Waals surface area contributed by atoms with Crippen LogP contribution >= 0.6 is 28.1 Å². The number of halogens is 1. The zero-order chi connectivity index (χ0) is 15.0.